The summed E-state index contributed by atoms with van der Waals surface area (Å²) in [5.41, 5.74) is 2.45. The molecule has 0 bridgehead atoms. The zero-order chi connectivity index (χ0) is 20.8. The molecular weight excluding hydrogens is 382 g/mol. The molecule has 1 unspecified atom stereocenters. The number of hydrogen-bond donors (Lipinski definition) is 1. The Labute approximate surface area is 175 Å². The predicted molar refractivity (Wildman–Crippen MR) is 115 cm³/mol. The molecular formula is C22H29N5O3. The Morgan fingerprint density at radius 3 is 2.43 bits per heavy atom. The third kappa shape index (κ3) is 3.33. The van der Waals surface area contributed by atoms with Crippen LogP contribution in [0.4, 0.5) is 5.69 Å². The molecule has 0 radical (unpaired) electrons. The number of imide groups is 1. The van der Waals surface area contributed by atoms with Gasteiger partial charge in [-0.25, -0.2) is 4.79 Å². The molecule has 1 aromatic carbocycles. The molecule has 2 amide bonds. The van der Waals surface area contributed by atoms with Crippen molar-refractivity contribution in [1.82, 2.24) is 19.4 Å². The second kappa shape index (κ2) is 7.58. The Bertz CT molecular complexity index is 1040. The van der Waals surface area contributed by atoms with E-state index in [2.05, 4.69) is 21.2 Å². The molecule has 30 heavy (non-hydrogen) atoms. The van der Waals surface area contributed by atoms with Gasteiger partial charge in [0, 0.05) is 51.9 Å². The summed E-state index contributed by atoms with van der Waals surface area (Å²) in [7, 11) is 1.74. The standard InChI is InChI=1S/C22H29N5O3/c1-24-19-13-16(26-11-9-25(10-12-26)14-15-3-2-4-15)5-6-17(19)27(22(24)30)18-7-8-20(28)23-21(18)29/h5-6,13,15,18H,2-4,7-12,14H2,1H3,(H,23,28,29). The fraction of sp³-hybridized carbons (Fsp3) is 0.591. The van der Waals surface area contributed by atoms with E-state index in [9.17, 15) is 14.4 Å². The van der Waals surface area contributed by atoms with Crippen molar-refractivity contribution in [1.29, 1.82) is 0 Å². The van der Waals surface area contributed by atoms with Crippen LogP contribution in [0.3, 0.4) is 0 Å². The SMILES string of the molecule is Cn1c(=O)n(C2CCC(=O)NC2=O)c2ccc(N3CCN(CC4CCC4)CC3)cc21. The largest absolute Gasteiger partial charge is 0.369 e. The van der Waals surface area contributed by atoms with Crippen LogP contribution in [0.25, 0.3) is 11.0 Å². The maximum absolute atomic E-state index is 12.9. The van der Waals surface area contributed by atoms with Crippen LogP contribution in [0.15, 0.2) is 23.0 Å². The number of carbonyl (C=O) groups is 2. The average Bonchev–Trinajstić information content (AvgIpc) is 2.96. The first-order valence-corrected chi connectivity index (χ1v) is 11.0. The van der Waals surface area contributed by atoms with Crippen LogP contribution in [0, 0.1) is 5.92 Å². The second-order valence-corrected chi connectivity index (χ2v) is 8.94. The molecule has 8 heteroatoms. The number of benzene rings is 1. The number of aromatic nitrogens is 2. The Morgan fingerprint density at radius 2 is 1.77 bits per heavy atom. The molecule has 5 rings (SSSR count). The minimum atomic E-state index is -0.639. The van der Waals surface area contributed by atoms with Crippen molar-refractivity contribution in [2.75, 3.05) is 37.6 Å². The van der Waals surface area contributed by atoms with Crippen molar-refractivity contribution in [3.8, 4) is 0 Å². The molecule has 8 nitrogen and oxygen atoms in total. The van der Waals surface area contributed by atoms with Crippen molar-refractivity contribution >= 4 is 28.5 Å². The van der Waals surface area contributed by atoms with Gasteiger partial charge in [0.1, 0.15) is 6.04 Å². The first-order valence-electron chi connectivity index (χ1n) is 11.0. The van der Waals surface area contributed by atoms with Gasteiger partial charge in [-0.3, -0.25) is 28.9 Å². The maximum Gasteiger partial charge on any atom is 0.329 e. The molecule has 1 atom stereocenters. The molecule has 160 valence electrons. The number of aryl methyl sites for hydroxylation is 1. The summed E-state index contributed by atoms with van der Waals surface area (Å²) in [4.78, 5) is 41.7. The molecule has 1 N–H and O–H groups in total. The Balaban J connectivity index is 1.37. The van der Waals surface area contributed by atoms with E-state index in [0.717, 1.165) is 48.8 Å². The number of nitrogens with one attached hydrogen (secondary N) is 1. The zero-order valence-electron chi connectivity index (χ0n) is 17.5. The Hall–Kier alpha value is -2.61. The average molecular weight is 412 g/mol. The molecule has 2 aromatic rings. The number of piperazine rings is 1. The number of fused-ring (bicyclic) bond motifs is 1. The van der Waals surface area contributed by atoms with Gasteiger partial charge < -0.3 is 4.90 Å². The van der Waals surface area contributed by atoms with E-state index in [-0.39, 0.29) is 18.0 Å². The summed E-state index contributed by atoms with van der Waals surface area (Å²) in [5, 5.41) is 2.36. The fourth-order valence-corrected chi connectivity index (χ4v) is 5.01. The van der Waals surface area contributed by atoms with Crippen molar-refractivity contribution in [2.24, 2.45) is 13.0 Å². The van der Waals surface area contributed by atoms with Crippen LogP contribution in [0.1, 0.15) is 38.1 Å². The van der Waals surface area contributed by atoms with E-state index >= 15 is 0 Å². The van der Waals surface area contributed by atoms with Gasteiger partial charge in [0.15, 0.2) is 0 Å². The fourth-order valence-electron chi connectivity index (χ4n) is 5.01. The van der Waals surface area contributed by atoms with Gasteiger partial charge in [-0.2, -0.15) is 0 Å². The number of carbonyl (C=O) groups excluding carboxylic acids is 2. The molecule has 2 saturated heterocycles. The lowest BCUT2D eigenvalue weighted by Gasteiger charge is -2.39. The number of amides is 2. The summed E-state index contributed by atoms with van der Waals surface area (Å²) in [6, 6.07) is 5.41. The summed E-state index contributed by atoms with van der Waals surface area (Å²) in [6.07, 6.45) is 4.77. The predicted octanol–water partition coefficient (Wildman–Crippen LogP) is 1.24. The number of rotatable bonds is 4. The molecule has 3 fully saturated rings. The monoisotopic (exact) mass is 411 g/mol. The highest BCUT2D eigenvalue weighted by Crippen LogP contribution is 2.29. The molecule has 3 heterocycles. The minimum Gasteiger partial charge on any atom is -0.369 e. The number of nitrogens with zero attached hydrogens (tertiary/aromatic N) is 4. The summed E-state index contributed by atoms with van der Waals surface area (Å²) in [5.74, 6) is 0.227. The lowest BCUT2D eigenvalue weighted by Crippen LogP contribution is -2.48. The number of anilines is 1. The zero-order valence-corrected chi connectivity index (χ0v) is 17.5. The van der Waals surface area contributed by atoms with Gasteiger partial charge in [-0.15, -0.1) is 0 Å². The van der Waals surface area contributed by atoms with Crippen molar-refractivity contribution in [2.45, 2.75) is 38.1 Å². The minimum absolute atomic E-state index is 0.220. The highest BCUT2D eigenvalue weighted by Gasteiger charge is 2.31. The van der Waals surface area contributed by atoms with E-state index in [1.54, 1.807) is 11.6 Å². The highest BCUT2D eigenvalue weighted by molar-refractivity contribution is 6.00. The summed E-state index contributed by atoms with van der Waals surface area (Å²) < 4.78 is 3.15. The van der Waals surface area contributed by atoms with E-state index < -0.39 is 11.9 Å². The van der Waals surface area contributed by atoms with Crippen molar-refractivity contribution in [3.63, 3.8) is 0 Å². The Kier molecular flexibility index (Phi) is 4.89. The van der Waals surface area contributed by atoms with E-state index in [0.29, 0.717) is 6.42 Å². The van der Waals surface area contributed by atoms with E-state index in [1.165, 1.54) is 30.4 Å². The highest BCUT2D eigenvalue weighted by atomic mass is 16.2. The van der Waals surface area contributed by atoms with Crippen molar-refractivity contribution in [3.05, 3.63) is 28.7 Å². The van der Waals surface area contributed by atoms with Crippen LogP contribution in [-0.2, 0) is 16.6 Å². The summed E-state index contributed by atoms with van der Waals surface area (Å²) >= 11 is 0. The smallest absolute Gasteiger partial charge is 0.329 e. The first-order chi connectivity index (χ1) is 14.5. The Morgan fingerprint density at radius 1 is 1.00 bits per heavy atom. The van der Waals surface area contributed by atoms with Gasteiger partial charge in [-0.05, 0) is 43.4 Å². The maximum atomic E-state index is 12.9. The van der Waals surface area contributed by atoms with Gasteiger partial charge in [0.05, 0.1) is 11.0 Å². The molecule has 1 aromatic heterocycles. The van der Waals surface area contributed by atoms with Crippen LogP contribution in [0.2, 0.25) is 0 Å². The molecule has 0 spiro atoms. The quantitative estimate of drug-likeness (QED) is 0.766. The van der Waals surface area contributed by atoms with Gasteiger partial charge in [0.2, 0.25) is 11.8 Å². The topological polar surface area (TPSA) is 79.6 Å². The number of imidazole rings is 1. The number of piperidine rings is 1. The lowest BCUT2D eigenvalue weighted by atomic mass is 9.85. The van der Waals surface area contributed by atoms with Gasteiger partial charge >= 0.3 is 5.69 Å². The number of hydrogen-bond acceptors (Lipinski definition) is 5. The molecule has 3 aliphatic rings. The third-order valence-corrected chi connectivity index (χ3v) is 7.07. The van der Waals surface area contributed by atoms with Gasteiger partial charge in [-0.1, -0.05) is 6.42 Å². The van der Waals surface area contributed by atoms with Crippen LogP contribution in [0.5, 0.6) is 0 Å². The molecule has 2 aliphatic heterocycles. The third-order valence-electron chi connectivity index (χ3n) is 7.07. The van der Waals surface area contributed by atoms with Crippen LogP contribution < -0.4 is 15.9 Å². The normalized spacial score (nSPS) is 23.6. The van der Waals surface area contributed by atoms with E-state index in [1.807, 2.05) is 12.1 Å². The second-order valence-electron chi connectivity index (χ2n) is 8.94. The first kappa shape index (κ1) is 19.4. The molecule has 1 saturated carbocycles. The lowest BCUT2D eigenvalue weighted by molar-refractivity contribution is -0.135. The van der Waals surface area contributed by atoms with Crippen molar-refractivity contribution < 1.29 is 9.59 Å². The van der Waals surface area contributed by atoms with Gasteiger partial charge in [0.25, 0.3) is 0 Å². The summed E-state index contributed by atoms with van der Waals surface area (Å²) in [6.45, 7) is 5.35. The van der Waals surface area contributed by atoms with Crippen LogP contribution >= 0.6 is 0 Å². The van der Waals surface area contributed by atoms with E-state index in [4.69, 9.17) is 0 Å². The molecule has 1 aliphatic carbocycles. The van der Waals surface area contributed by atoms with Crippen LogP contribution in [-0.4, -0.2) is 58.6 Å².